The Labute approximate surface area is 124 Å². The lowest BCUT2D eigenvalue weighted by atomic mass is 10.2. The van der Waals surface area contributed by atoms with E-state index in [4.69, 9.17) is 9.84 Å². The van der Waals surface area contributed by atoms with Crippen LogP contribution in [0.5, 0.6) is 0 Å². The lowest BCUT2D eigenvalue weighted by molar-refractivity contribution is -0.156. The fourth-order valence-electron chi connectivity index (χ4n) is 2.12. The summed E-state index contributed by atoms with van der Waals surface area (Å²) in [5.74, 6) is -0.896. The molecule has 1 saturated heterocycles. The van der Waals surface area contributed by atoms with E-state index in [2.05, 4.69) is 21.3 Å². The van der Waals surface area contributed by atoms with Gasteiger partial charge in [-0.1, -0.05) is 0 Å². The lowest BCUT2D eigenvalue weighted by Gasteiger charge is -2.30. The molecule has 0 bridgehead atoms. The van der Waals surface area contributed by atoms with Crippen molar-refractivity contribution in [2.24, 2.45) is 0 Å². The Balaban J connectivity index is 1.64. The van der Waals surface area contributed by atoms with Crippen molar-refractivity contribution < 1.29 is 14.6 Å². The van der Waals surface area contributed by atoms with E-state index in [0.717, 1.165) is 22.8 Å². The SMILES string of the molecule is O=C(O)C1CN(Cc2csc(-c3ccsc3)n2)CCO1. The van der Waals surface area contributed by atoms with Crippen molar-refractivity contribution in [3.63, 3.8) is 0 Å². The highest BCUT2D eigenvalue weighted by atomic mass is 32.1. The minimum Gasteiger partial charge on any atom is -0.479 e. The molecule has 0 amide bonds. The molecule has 0 aliphatic carbocycles. The third-order valence-corrected chi connectivity index (χ3v) is 4.75. The van der Waals surface area contributed by atoms with Crippen LogP contribution in [0.3, 0.4) is 0 Å². The maximum absolute atomic E-state index is 10.9. The second-order valence-electron chi connectivity index (χ2n) is 4.59. The van der Waals surface area contributed by atoms with Gasteiger partial charge in [0.25, 0.3) is 0 Å². The number of hydrogen-bond acceptors (Lipinski definition) is 6. The van der Waals surface area contributed by atoms with Crippen molar-refractivity contribution in [2.75, 3.05) is 19.7 Å². The molecular weight excluding hydrogens is 296 g/mol. The van der Waals surface area contributed by atoms with Gasteiger partial charge in [0.05, 0.1) is 12.3 Å². The summed E-state index contributed by atoms with van der Waals surface area (Å²) < 4.78 is 5.21. The van der Waals surface area contributed by atoms with Gasteiger partial charge in [0, 0.05) is 36.0 Å². The molecule has 0 saturated carbocycles. The Kier molecular flexibility index (Phi) is 4.11. The van der Waals surface area contributed by atoms with Gasteiger partial charge >= 0.3 is 5.97 Å². The third-order valence-electron chi connectivity index (χ3n) is 3.13. The van der Waals surface area contributed by atoms with Gasteiger partial charge in [-0.05, 0) is 11.4 Å². The predicted molar refractivity (Wildman–Crippen MR) is 78.1 cm³/mol. The number of carboxylic acid groups (broad SMARTS) is 1. The minimum absolute atomic E-state index is 0.417. The van der Waals surface area contributed by atoms with Gasteiger partial charge in [-0.3, -0.25) is 4.90 Å². The second-order valence-corrected chi connectivity index (χ2v) is 6.23. The van der Waals surface area contributed by atoms with E-state index in [1.54, 1.807) is 22.7 Å². The summed E-state index contributed by atoms with van der Waals surface area (Å²) in [6.45, 7) is 2.29. The Morgan fingerprint density at radius 1 is 1.55 bits per heavy atom. The van der Waals surface area contributed by atoms with E-state index >= 15 is 0 Å². The quantitative estimate of drug-likeness (QED) is 0.937. The Morgan fingerprint density at radius 3 is 3.20 bits per heavy atom. The minimum atomic E-state index is -0.896. The van der Waals surface area contributed by atoms with Gasteiger partial charge in [0.1, 0.15) is 5.01 Å². The van der Waals surface area contributed by atoms with Crippen LogP contribution in [0.25, 0.3) is 10.6 Å². The summed E-state index contributed by atoms with van der Waals surface area (Å²) >= 11 is 3.28. The van der Waals surface area contributed by atoms with E-state index in [0.29, 0.717) is 19.7 Å². The highest BCUT2D eigenvalue weighted by Gasteiger charge is 2.26. The molecule has 7 heteroatoms. The van der Waals surface area contributed by atoms with Crippen molar-refractivity contribution >= 4 is 28.6 Å². The predicted octanol–water partition coefficient (Wildman–Crippen LogP) is 2.16. The van der Waals surface area contributed by atoms with Gasteiger partial charge in [-0.15, -0.1) is 11.3 Å². The summed E-state index contributed by atoms with van der Waals surface area (Å²) in [7, 11) is 0. The number of thiazole rings is 1. The number of nitrogens with zero attached hydrogens (tertiary/aromatic N) is 2. The standard InChI is InChI=1S/C13H14N2O3S2/c16-13(17)11-6-15(2-3-18-11)5-10-8-20-12(14-10)9-1-4-19-7-9/h1,4,7-8,11H,2-3,5-6H2,(H,16,17). The van der Waals surface area contributed by atoms with Crippen molar-refractivity contribution in [1.82, 2.24) is 9.88 Å². The molecule has 0 aromatic carbocycles. The molecule has 1 aliphatic rings. The monoisotopic (exact) mass is 310 g/mol. The zero-order valence-corrected chi connectivity index (χ0v) is 12.3. The topological polar surface area (TPSA) is 62.7 Å². The molecule has 2 aromatic rings. The first-order valence-corrected chi connectivity index (χ1v) is 8.08. The van der Waals surface area contributed by atoms with E-state index < -0.39 is 12.1 Å². The fraction of sp³-hybridized carbons (Fsp3) is 0.385. The van der Waals surface area contributed by atoms with Gasteiger partial charge < -0.3 is 9.84 Å². The molecule has 0 radical (unpaired) electrons. The smallest absolute Gasteiger partial charge is 0.334 e. The molecule has 1 unspecified atom stereocenters. The van der Waals surface area contributed by atoms with Crippen molar-refractivity contribution in [3.05, 3.63) is 27.9 Å². The first kappa shape index (κ1) is 13.7. The number of rotatable bonds is 4. The molecular formula is C13H14N2O3S2. The van der Waals surface area contributed by atoms with Crippen molar-refractivity contribution in [3.8, 4) is 10.6 Å². The number of aromatic nitrogens is 1. The number of aliphatic carboxylic acids is 1. The number of thiophene rings is 1. The van der Waals surface area contributed by atoms with Crippen molar-refractivity contribution in [2.45, 2.75) is 12.6 Å². The van der Waals surface area contributed by atoms with E-state index in [1.807, 2.05) is 10.8 Å². The van der Waals surface area contributed by atoms with Crippen LogP contribution in [0.2, 0.25) is 0 Å². The summed E-state index contributed by atoms with van der Waals surface area (Å²) in [5.41, 5.74) is 2.14. The van der Waals surface area contributed by atoms with Crippen LogP contribution in [0.15, 0.2) is 22.2 Å². The Bertz CT molecular complexity index is 582. The molecule has 20 heavy (non-hydrogen) atoms. The van der Waals surface area contributed by atoms with E-state index in [-0.39, 0.29) is 0 Å². The summed E-state index contributed by atoms with van der Waals surface area (Å²) in [6, 6.07) is 2.06. The van der Waals surface area contributed by atoms with Crippen LogP contribution in [-0.2, 0) is 16.1 Å². The zero-order valence-electron chi connectivity index (χ0n) is 10.7. The highest BCUT2D eigenvalue weighted by Crippen LogP contribution is 2.26. The van der Waals surface area contributed by atoms with Gasteiger partial charge in [0.15, 0.2) is 6.10 Å². The van der Waals surface area contributed by atoms with Gasteiger partial charge in [-0.25, -0.2) is 9.78 Å². The van der Waals surface area contributed by atoms with Crippen LogP contribution in [0.4, 0.5) is 0 Å². The molecule has 106 valence electrons. The largest absolute Gasteiger partial charge is 0.479 e. The molecule has 3 rings (SSSR count). The number of carbonyl (C=O) groups is 1. The van der Waals surface area contributed by atoms with Crippen LogP contribution < -0.4 is 0 Å². The molecule has 1 fully saturated rings. The van der Waals surface area contributed by atoms with E-state index in [1.165, 1.54) is 0 Å². The lowest BCUT2D eigenvalue weighted by Crippen LogP contribution is -2.45. The van der Waals surface area contributed by atoms with Crippen LogP contribution in [0, 0.1) is 0 Å². The molecule has 3 heterocycles. The molecule has 0 spiro atoms. The van der Waals surface area contributed by atoms with Gasteiger partial charge in [0.2, 0.25) is 0 Å². The Hall–Kier alpha value is -1.28. The second kappa shape index (κ2) is 6.01. The summed E-state index contributed by atoms with van der Waals surface area (Å²) in [6.07, 6.45) is -0.723. The van der Waals surface area contributed by atoms with Crippen LogP contribution in [0.1, 0.15) is 5.69 Å². The third kappa shape index (κ3) is 3.06. The zero-order chi connectivity index (χ0) is 13.9. The molecule has 5 nitrogen and oxygen atoms in total. The number of morpholine rings is 1. The normalized spacial score (nSPS) is 20.1. The number of carboxylic acids is 1. The van der Waals surface area contributed by atoms with Crippen molar-refractivity contribution in [1.29, 1.82) is 0 Å². The molecule has 2 aromatic heterocycles. The van der Waals surface area contributed by atoms with Crippen LogP contribution in [-0.4, -0.2) is 46.8 Å². The summed E-state index contributed by atoms with van der Waals surface area (Å²) in [5, 5.41) is 16.2. The molecule has 1 N–H and O–H groups in total. The van der Waals surface area contributed by atoms with E-state index in [9.17, 15) is 4.79 Å². The molecule has 1 atom stereocenters. The molecule has 1 aliphatic heterocycles. The highest BCUT2D eigenvalue weighted by molar-refractivity contribution is 7.14. The number of ether oxygens (including phenoxy) is 1. The maximum atomic E-state index is 10.9. The fourth-order valence-corrected chi connectivity index (χ4v) is 3.65. The first-order valence-electron chi connectivity index (χ1n) is 6.26. The Morgan fingerprint density at radius 2 is 2.45 bits per heavy atom. The first-order chi connectivity index (χ1) is 9.72. The average molecular weight is 310 g/mol. The number of hydrogen-bond donors (Lipinski definition) is 1. The average Bonchev–Trinajstić information content (AvgIpc) is 3.09. The summed E-state index contributed by atoms with van der Waals surface area (Å²) in [4.78, 5) is 17.6. The maximum Gasteiger partial charge on any atom is 0.334 e. The van der Waals surface area contributed by atoms with Crippen LogP contribution >= 0.6 is 22.7 Å². The van der Waals surface area contributed by atoms with Gasteiger partial charge in [-0.2, -0.15) is 11.3 Å².